The van der Waals surface area contributed by atoms with Crippen LogP contribution in [-0.2, 0) is 6.42 Å². The van der Waals surface area contributed by atoms with E-state index >= 15 is 0 Å². The molecule has 25 heavy (non-hydrogen) atoms. The monoisotopic (exact) mass is 322 g/mol. The molecule has 0 nitrogen and oxygen atoms in total. The minimum atomic E-state index is 0.466. The summed E-state index contributed by atoms with van der Waals surface area (Å²) in [6.07, 6.45) is 6.99. The van der Waals surface area contributed by atoms with Crippen molar-refractivity contribution in [1.82, 2.24) is 0 Å². The third-order valence-electron chi connectivity index (χ3n) is 5.85. The van der Waals surface area contributed by atoms with Crippen molar-refractivity contribution in [1.29, 1.82) is 0 Å². The smallest absolute Gasteiger partial charge is 0.00738 e. The zero-order chi connectivity index (χ0) is 17.0. The van der Waals surface area contributed by atoms with Crippen molar-refractivity contribution in [3.63, 3.8) is 0 Å². The van der Waals surface area contributed by atoms with Crippen LogP contribution in [0.4, 0.5) is 0 Å². The molecule has 2 aliphatic carbocycles. The van der Waals surface area contributed by atoms with Gasteiger partial charge in [0.15, 0.2) is 0 Å². The van der Waals surface area contributed by atoms with Gasteiger partial charge in [-0.25, -0.2) is 0 Å². The Balaban J connectivity index is 1.84. The lowest BCUT2D eigenvalue weighted by atomic mass is 9.83. The summed E-state index contributed by atoms with van der Waals surface area (Å²) >= 11 is 0. The first-order valence-corrected chi connectivity index (χ1v) is 9.26. The second kappa shape index (κ2) is 5.46. The highest BCUT2D eigenvalue weighted by atomic mass is 14.3. The molecule has 0 heteroatoms. The lowest BCUT2D eigenvalue weighted by Crippen LogP contribution is -2.02. The van der Waals surface area contributed by atoms with E-state index in [0.29, 0.717) is 5.92 Å². The molecule has 0 saturated carbocycles. The lowest BCUT2D eigenvalue weighted by Gasteiger charge is -2.21. The van der Waals surface area contributed by atoms with Crippen LogP contribution in [0.1, 0.15) is 47.1 Å². The fourth-order valence-electron chi connectivity index (χ4n) is 4.60. The molecule has 3 aromatic carbocycles. The van der Waals surface area contributed by atoms with Crippen molar-refractivity contribution in [3.05, 3.63) is 88.5 Å². The normalized spacial score (nSPS) is 17.1. The molecule has 0 saturated heterocycles. The van der Waals surface area contributed by atoms with E-state index in [1.807, 2.05) is 0 Å². The number of hydrogen-bond donors (Lipinski definition) is 0. The summed E-state index contributed by atoms with van der Waals surface area (Å²) in [5, 5.41) is 0. The van der Waals surface area contributed by atoms with Crippen LogP contribution >= 0.6 is 0 Å². The molecule has 3 aromatic rings. The van der Waals surface area contributed by atoms with Crippen LogP contribution in [0.3, 0.4) is 0 Å². The van der Waals surface area contributed by atoms with Gasteiger partial charge < -0.3 is 0 Å². The van der Waals surface area contributed by atoms with Crippen molar-refractivity contribution in [2.24, 2.45) is 0 Å². The van der Waals surface area contributed by atoms with Gasteiger partial charge in [0.05, 0.1) is 0 Å². The van der Waals surface area contributed by atoms with E-state index in [1.165, 1.54) is 50.1 Å². The zero-order valence-corrected chi connectivity index (χ0v) is 14.8. The van der Waals surface area contributed by atoms with Gasteiger partial charge in [-0.1, -0.05) is 73.2 Å². The van der Waals surface area contributed by atoms with Crippen LogP contribution in [0, 0.1) is 6.92 Å². The number of fused-ring (bicyclic) bond motifs is 5. The quantitative estimate of drug-likeness (QED) is 0.464. The second-order valence-corrected chi connectivity index (χ2v) is 7.40. The highest BCUT2D eigenvalue weighted by molar-refractivity contribution is 5.91. The van der Waals surface area contributed by atoms with E-state index in [4.69, 9.17) is 0 Å². The highest BCUT2D eigenvalue weighted by Crippen LogP contribution is 2.50. The molecule has 122 valence electrons. The third-order valence-corrected chi connectivity index (χ3v) is 5.85. The van der Waals surface area contributed by atoms with Crippen molar-refractivity contribution < 1.29 is 0 Å². The van der Waals surface area contributed by atoms with E-state index in [0.717, 1.165) is 12.8 Å². The summed E-state index contributed by atoms with van der Waals surface area (Å²) in [5.41, 5.74) is 13.0. The van der Waals surface area contributed by atoms with Crippen molar-refractivity contribution in [3.8, 4) is 22.3 Å². The number of benzene rings is 3. The molecular weight excluding hydrogens is 300 g/mol. The van der Waals surface area contributed by atoms with Gasteiger partial charge in [0, 0.05) is 5.92 Å². The summed E-state index contributed by atoms with van der Waals surface area (Å²) < 4.78 is 0. The summed E-state index contributed by atoms with van der Waals surface area (Å²) in [4.78, 5) is 0. The first-order chi connectivity index (χ1) is 12.2. The number of aryl methyl sites for hydroxylation is 1. The van der Waals surface area contributed by atoms with Crippen LogP contribution in [0.15, 0.2) is 60.7 Å². The van der Waals surface area contributed by atoms with E-state index in [1.54, 1.807) is 0 Å². The molecule has 0 bridgehead atoms. The van der Waals surface area contributed by atoms with Gasteiger partial charge in [0.2, 0.25) is 0 Å². The predicted molar refractivity (Wildman–Crippen MR) is 107 cm³/mol. The Morgan fingerprint density at radius 2 is 1.72 bits per heavy atom. The molecule has 0 heterocycles. The minimum absolute atomic E-state index is 0.466. The van der Waals surface area contributed by atoms with Crippen LogP contribution in [0.5, 0.6) is 0 Å². The Morgan fingerprint density at radius 3 is 2.56 bits per heavy atom. The zero-order valence-electron chi connectivity index (χ0n) is 14.8. The number of hydrogen-bond acceptors (Lipinski definition) is 0. The fourth-order valence-corrected chi connectivity index (χ4v) is 4.60. The predicted octanol–water partition coefficient (Wildman–Crippen LogP) is 6.75. The molecule has 0 spiro atoms. The molecule has 0 N–H and O–H groups in total. The maximum absolute atomic E-state index is 2.47. The third kappa shape index (κ3) is 2.14. The molecule has 1 unspecified atom stereocenters. The SMILES string of the molecule is Cc1ccc2c(c1)C(C)c1cc(-c3ccccc3)c3c(c1-2)C=CCC3. The second-order valence-electron chi connectivity index (χ2n) is 7.40. The molecule has 2 aliphatic rings. The Hall–Kier alpha value is -2.60. The van der Waals surface area contributed by atoms with Gasteiger partial charge in [-0.2, -0.15) is 0 Å². The first-order valence-electron chi connectivity index (χ1n) is 9.26. The van der Waals surface area contributed by atoms with Crippen LogP contribution in [0.2, 0.25) is 0 Å². The fraction of sp³-hybridized carbons (Fsp3) is 0.200. The Labute approximate surface area is 149 Å². The topological polar surface area (TPSA) is 0 Å². The van der Waals surface area contributed by atoms with Gasteiger partial charge in [-0.15, -0.1) is 0 Å². The largest absolute Gasteiger partial charge is 0.0836 e. The standard InChI is InChI=1S/C25H22/c1-16-12-13-21-22(14-16)17(2)23-15-24(18-8-4-3-5-9-18)19-10-6-7-11-20(19)25(21)23/h3-5,7-9,11-15,17H,6,10H2,1-2H3. The van der Waals surface area contributed by atoms with Crippen LogP contribution in [0.25, 0.3) is 28.3 Å². The van der Waals surface area contributed by atoms with Crippen LogP contribution in [-0.4, -0.2) is 0 Å². The van der Waals surface area contributed by atoms with Gasteiger partial charge in [0.25, 0.3) is 0 Å². The maximum atomic E-state index is 2.47. The minimum Gasteiger partial charge on any atom is -0.0836 e. The molecule has 0 fully saturated rings. The highest BCUT2D eigenvalue weighted by Gasteiger charge is 2.30. The van der Waals surface area contributed by atoms with E-state index in [2.05, 4.69) is 80.6 Å². The summed E-state index contributed by atoms with van der Waals surface area (Å²) in [7, 11) is 0. The van der Waals surface area contributed by atoms with Gasteiger partial charge in [0.1, 0.15) is 0 Å². The van der Waals surface area contributed by atoms with E-state index in [9.17, 15) is 0 Å². The van der Waals surface area contributed by atoms with Gasteiger partial charge in [-0.3, -0.25) is 0 Å². The number of allylic oxidation sites excluding steroid dienone is 1. The maximum Gasteiger partial charge on any atom is 0.00738 e. The Kier molecular flexibility index (Phi) is 3.21. The molecular formula is C25H22. The average molecular weight is 322 g/mol. The number of rotatable bonds is 1. The van der Waals surface area contributed by atoms with Crippen molar-refractivity contribution in [2.75, 3.05) is 0 Å². The molecule has 0 aromatic heterocycles. The van der Waals surface area contributed by atoms with E-state index in [-0.39, 0.29) is 0 Å². The summed E-state index contributed by atoms with van der Waals surface area (Å²) in [5.74, 6) is 0.466. The van der Waals surface area contributed by atoms with Gasteiger partial charge >= 0.3 is 0 Å². The van der Waals surface area contributed by atoms with Crippen LogP contribution < -0.4 is 0 Å². The lowest BCUT2D eigenvalue weighted by molar-refractivity contribution is 0.945. The molecule has 1 atom stereocenters. The molecule has 0 radical (unpaired) electrons. The van der Waals surface area contributed by atoms with Crippen molar-refractivity contribution in [2.45, 2.75) is 32.6 Å². The first kappa shape index (κ1) is 14.7. The molecule has 0 aliphatic heterocycles. The average Bonchev–Trinajstić information content (AvgIpc) is 2.94. The Morgan fingerprint density at radius 1 is 0.880 bits per heavy atom. The summed E-state index contributed by atoms with van der Waals surface area (Å²) in [6, 6.07) is 20.3. The van der Waals surface area contributed by atoms with Gasteiger partial charge in [-0.05, 0) is 70.3 Å². The summed E-state index contributed by atoms with van der Waals surface area (Å²) in [6.45, 7) is 4.55. The molecule has 0 amide bonds. The Bertz CT molecular complexity index is 1010. The van der Waals surface area contributed by atoms with E-state index < -0.39 is 0 Å². The molecule has 5 rings (SSSR count). The van der Waals surface area contributed by atoms with Crippen molar-refractivity contribution >= 4 is 6.08 Å².